The summed E-state index contributed by atoms with van der Waals surface area (Å²) in [5, 5.41) is 3.34. The number of rotatable bonds is 11. The number of nitrogens with zero attached hydrogens (tertiary/aromatic N) is 3. The predicted molar refractivity (Wildman–Crippen MR) is 131 cm³/mol. The van der Waals surface area contributed by atoms with E-state index >= 15 is 0 Å². The predicted octanol–water partition coefficient (Wildman–Crippen LogP) is 6.84. The molecule has 0 saturated heterocycles. The van der Waals surface area contributed by atoms with Gasteiger partial charge >= 0.3 is 0 Å². The van der Waals surface area contributed by atoms with Crippen LogP contribution < -0.4 is 5.32 Å². The van der Waals surface area contributed by atoms with Crippen molar-refractivity contribution in [1.82, 2.24) is 14.9 Å². The van der Waals surface area contributed by atoms with Gasteiger partial charge in [0.05, 0.1) is 9.86 Å². The lowest BCUT2D eigenvalue weighted by atomic mass is 10.0. The monoisotopic (exact) mass is 522 g/mol. The Bertz CT molecular complexity index is 1070. The highest BCUT2D eigenvalue weighted by Crippen LogP contribution is 2.33. The van der Waals surface area contributed by atoms with Crippen molar-refractivity contribution < 1.29 is 8.78 Å². The lowest BCUT2D eigenvalue weighted by Crippen LogP contribution is -2.33. The second-order valence-electron chi connectivity index (χ2n) is 7.67. The lowest BCUT2D eigenvalue weighted by Gasteiger charge is -2.27. The van der Waals surface area contributed by atoms with E-state index in [1.807, 2.05) is 24.3 Å². The number of anilines is 1. The number of hydrogen-bond donors (Lipinski definition) is 1. The minimum absolute atomic E-state index is 0.0288. The Morgan fingerprint density at radius 1 is 1.22 bits per heavy atom. The largest absolute Gasteiger partial charge is 0.368 e. The number of hydrogen-bond acceptors (Lipinski definition) is 4. The molecule has 0 spiro atoms. The molecule has 1 heterocycles. The maximum absolute atomic E-state index is 14.3. The van der Waals surface area contributed by atoms with Gasteiger partial charge in [0.25, 0.3) is 0 Å². The van der Waals surface area contributed by atoms with Gasteiger partial charge in [-0.05, 0) is 45.4 Å². The maximum Gasteiger partial charge on any atom is 0.225 e. The van der Waals surface area contributed by atoms with Crippen molar-refractivity contribution in [1.29, 1.82) is 0 Å². The molecule has 1 atom stereocenters. The fourth-order valence-corrected chi connectivity index (χ4v) is 4.34. The molecule has 170 valence electrons. The minimum Gasteiger partial charge on any atom is -0.368 e. The second-order valence-corrected chi connectivity index (χ2v) is 8.80. The molecule has 0 aliphatic heterocycles. The molecule has 4 nitrogen and oxygen atoms in total. The summed E-state index contributed by atoms with van der Waals surface area (Å²) >= 11 is 9.19. The Morgan fingerprint density at radius 2 is 1.97 bits per heavy atom. The molecule has 0 unspecified atom stereocenters. The zero-order valence-electron chi connectivity index (χ0n) is 17.9. The van der Waals surface area contributed by atoms with Crippen LogP contribution >= 0.6 is 27.5 Å². The van der Waals surface area contributed by atoms with Crippen LogP contribution in [0.1, 0.15) is 25.3 Å². The van der Waals surface area contributed by atoms with Gasteiger partial charge in [0.1, 0.15) is 17.2 Å². The standard InChI is InChI=1S/C24H26BrClF2N4/c1-3-8-16(4-2)14-32(15-17-9-6-5-7-10-17)12-11-29-23-20-21(25)18(27)13-19(28)22(20)30-24(26)31-23/h3,5-7,9-10,13,16H,1,4,8,11-12,14-15H2,2H3,(H,29,30,31)/t16-/m1/s1. The van der Waals surface area contributed by atoms with Crippen molar-refractivity contribution >= 4 is 44.3 Å². The van der Waals surface area contributed by atoms with Crippen molar-refractivity contribution in [2.24, 2.45) is 5.92 Å². The van der Waals surface area contributed by atoms with E-state index in [9.17, 15) is 8.78 Å². The van der Waals surface area contributed by atoms with Crippen LogP contribution in [-0.2, 0) is 6.54 Å². The molecule has 0 aliphatic carbocycles. The number of aromatic nitrogens is 2. The number of fused-ring (bicyclic) bond motifs is 1. The molecule has 2 aromatic carbocycles. The van der Waals surface area contributed by atoms with E-state index in [1.165, 1.54) is 5.56 Å². The summed E-state index contributed by atoms with van der Waals surface area (Å²) in [7, 11) is 0. The normalized spacial score (nSPS) is 12.3. The van der Waals surface area contributed by atoms with Crippen LogP contribution in [0.4, 0.5) is 14.6 Å². The van der Waals surface area contributed by atoms with Crippen molar-refractivity contribution in [2.45, 2.75) is 26.3 Å². The van der Waals surface area contributed by atoms with Crippen molar-refractivity contribution in [3.63, 3.8) is 0 Å². The number of nitrogens with one attached hydrogen (secondary N) is 1. The average molecular weight is 524 g/mol. The van der Waals surface area contributed by atoms with Crippen LogP contribution in [0.25, 0.3) is 10.9 Å². The number of benzene rings is 2. The molecule has 0 saturated carbocycles. The molecule has 32 heavy (non-hydrogen) atoms. The van der Waals surface area contributed by atoms with Crippen LogP contribution in [0, 0.1) is 17.6 Å². The minimum atomic E-state index is -0.783. The second kappa shape index (κ2) is 11.7. The molecule has 0 aliphatic rings. The Balaban J connectivity index is 1.79. The number of halogens is 4. The Hall–Kier alpha value is -2.09. The Morgan fingerprint density at radius 3 is 2.66 bits per heavy atom. The molecule has 0 amide bonds. The van der Waals surface area contributed by atoms with Gasteiger partial charge in [-0.25, -0.2) is 18.7 Å². The van der Waals surface area contributed by atoms with Crippen LogP contribution in [0.5, 0.6) is 0 Å². The van der Waals surface area contributed by atoms with Gasteiger partial charge in [0.2, 0.25) is 5.28 Å². The van der Waals surface area contributed by atoms with Crippen molar-refractivity contribution in [3.05, 3.63) is 76.0 Å². The quantitative estimate of drug-likeness (QED) is 0.170. The highest BCUT2D eigenvalue weighted by molar-refractivity contribution is 9.10. The molecular formula is C24H26BrClF2N4. The molecule has 1 aromatic heterocycles. The fraction of sp³-hybridized carbons (Fsp3) is 0.333. The van der Waals surface area contributed by atoms with E-state index in [-0.39, 0.29) is 20.7 Å². The zero-order valence-corrected chi connectivity index (χ0v) is 20.3. The molecule has 0 radical (unpaired) electrons. The third-order valence-electron chi connectivity index (χ3n) is 5.35. The molecule has 0 bridgehead atoms. The van der Waals surface area contributed by atoms with Crippen molar-refractivity contribution in [3.8, 4) is 0 Å². The molecule has 0 fully saturated rings. The summed E-state index contributed by atoms with van der Waals surface area (Å²) < 4.78 is 28.5. The highest BCUT2D eigenvalue weighted by Gasteiger charge is 2.18. The van der Waals surface area contributed by atoms with Crippen LogP contribution in [0.3, 0.4) is 0 Å². The van der Waals surface area contributed by atoms with E-state index in [1.54, 1.807) is 0 Å². The topological polar surface area (TPSA) is 41.0 Å². The molecule has 1 N–H and O–H groups in total. The third kappa shape index (κ3) is 6.24. The van der Waals surface area contributed by atoms with Gasteiger partial charge in [-0.3, -0.25) is 4.90 Å². The smallest absolute Gasteiger partial charge is 0.225 e. The Kier molecular flexibility index (Phi) is 8.96. The molecule has 8 heteroatoms. The van der Waals surface area contributed by atoms with Crippen LogP contribution in [0.15, 0.2) is 53.5 Å². The third-order valence-corrected chi connectivity index (χ3v) is 6.30. The molecular weight excluding hydrogens is 498 g/mol. The van der Waals surface area contributed by atoms with Gasteiger partial charge in [-0.2, -0.15) is 0 Å². The van der Waals surface area contributed by atoms with E-state index in [4.69, 9.17) is 11.6 Å². The summed E-state index contributed by atoms with van der Waals surface area (Å²) in [4.78, 5) is 10.5. The molecule has 3 rings (SSSR count). The average Bonchev–Trinajstić information content (AvgIpc) is 2.77. The van der Waals surface area contributed by atoms with Gasteiger partial charge in [-0.1, -0.05) is 49.8 Å². The maximum atomic E-state index is 14.3. The van der Waals surface area contributed by atoms with Gasteiger partial charge in [0, 0.05) is 32.2 Å². The number of allylic oxidation sites excluding steroid dienone is 1. The first kappa shape index (κ1) is 24.6. The van der Waals surface area contributed by atoms with Crippen LogP contribution in [-0.4, -0.2) is 34.5 Å². The first-order valence-corrected chi connectivity index (χ1v) is 11.7. The summed E-state index contributed by atoms with van der Waals surface area (Å²) in [6.45, 7) is 9.00. The van der Waals surface area contributed by atoms with E-state index in [0.717, 1.165) is 32.0 Å². The molecule has 3 aromatic rings. The van der Waals surface area contributed by atoms with Gasteiger partial charge in [0.15, 0.2) is 5.82 Å². The summed E-state index contributed by atoms with van der Waals surface area (Å²) in [6.07, 6.45) is 3.97. The summed E-state index contributed by atoms with van der Waals surface area (Å²) in [5.74, 6) is -0.704. The fourth-order valence-electron chi connectivity index (χ4n) is 3.68. The van der Waals surface area contributed by atoms with Gasteiger partial charge < -0.3 is 5.32 Å². The zero-order chi connectivity index (χ0) is 23.1. The highest BCUT2D eigenvalue weighted by atomic mass is 79.9. The first-order valence-electron chi connectivity index (χ1n) is 10.5. The summed E-state index contributed by atoms with van der Waals surface area (Å²) in [5.41, 5.74) is 1.20. The van der Waals surface area contributed by atoms with Crippen molar-refractivity contribution in [2.75, 3.05) is 25.0 Å². The van der Waals surface area contributed by atoms with E-state index < -0.39 is 11.6 Å². The van der Waals surface area contributed by atoms with Gasteiger partial charge in [-0.15, -0.1) is 6.58 Å². The first-order chi connectivity index (χ1) is 15.4. The lowest BCUT2D eigenvalue weighted by molar-refractivity contribution is 0.227. The summed E-state index contributed by atoms with van der Waals surface area (Å²) in [6, 6.07) is 11.1. The van der Waals surface area contributed by atoms with E-state index in [0.29, 0.717) is 24.8 Å². The Labute approximate surface area is 200 Å². The van der Waals surface area contributed by atoms with E-state index in [2.05, 4.69) is 61.8 Å². The SMILES string of the molecule is C=CC[C@@H](CC)CN(CCNc1nc(Cl)nc2c(F)cc(F)c(Br)c12)Cc1ccccc1. The van der Waals surface area contributed by atoms with Crippen LogP contribution in [0.2, 0.25) is 5.28 Å².